The number of urea groups is 1. The van der Waals surface area contributed by atoms with Gasteiger partial charge in [0.05, 0.1) is 11.6 Å². The van der Waals surface area contributed by atoms with E-state index in [-0.39, 0.29) is 37.6 Å². The minimum Gasteiger partial charge on any atom is -0.396 e. The number of carbonyl (C=O) groups excluding carboxylic acids is 1. The number of hydrogen-bond acceptors (Lipinski definition) is 5. The van der Waals surface area contributed by atoms with Gasteiger partial charge in [0, 0.05) is 49.8 Å². The van der Waals surface area contributed by atoms with Crippen molar-refractivity contribution >= 4 is 17.6 Å². The third-order valence-corrected chi connectivity index (χ3v) is 4.78. The molecule has 2 aromatic rings. The lowest BCUT2D eigenvalue weighted by atomic mass is 9.98. The first-order chi connectivity index (χ1) is 12.1. The molecule has 0 radical (unpaired) electrons. The predicted octanol–water partition coefficient (Wildman–Crippen LogP) is 1.74. The molecule has 0 bridgehead atoms. The third-order valence-electron chi connectivity index (χ3n) is 4.46. The number of benzene rings is 1. The topological polar surface area (TPSA) is 98.8 Å². The van der Waals surface area contributed by atoms with Crippen LogP contribution in [0.15, 0.2) is 34.9 Å². The SMILES string of the molecule is O=C(NCc1cc(-c2ccccc2Cl)no1)N1C[C@@H](CO)[C@H](CO)C1. The molecule has 2 atom stereocenters. The Bertz CT molecular complexity index is 724. The smallest absolute Gasteiger partial charge is 0.317 e. The number of aliphatic hydroxyl groups is 2. The molecule has 2 amide bonds. The van der Waals surface area contributed by atoms with E-state index in [9.17, 15) is 15.0 Å². The fraction of sp³-hybridized carbons (Fsp3) is 0.412. The maximum Gasteiger partial charge on any atom is 0.317 e. The summed E-state index contributed by atoms with van der Waals surface area (Å²) in [5, 5.41) is 25.9. The van der Waals surface area contributed by atoms with Gasteiger partial charge in [0.2, 0.25) is 0 Å². The average Bonchev–Trinajstić information content (AvgIpc) is 3.26. The van der Waals surface area contributed by atoms with Crippen LogP contribution in [0.5, 0.6) is 0 Å². The fourth-order valence-corrected chi connectivity index (χ4v) is 3.22. The van der Waals surface area contributed by atoms with Crippen LogP contribution in [0.1, 0.15) is 5.76 Å². The second-order valence-electron chi connectivity index (χ2n) is 6.11. The second kappa shape index (κ2) is 7.86. The molecule has 1 aromatic carbocycles. The van der Waals surface area contributed by atoms with Crippen LogP contribution in [0.4, 0.5) is 4.79 Å². The van der Waals surface area contributed by atoms with Crippen LogP contribution in [-0.2, 0) is 6.54 Å². The average molecular weight is 366 g/mol. The van der Waals surface area contributed by atoms with E-state index in [1.165, 1.54) is 0 Å². The van der Waals surface area contributed by atoms with Gasteiger partial charge < -0.3 is 25.0 Å². The molecule has 0 spiro atoms. The highest BCUT2D eigenvalue weighted by Gasteiger charge is 2.34. The lowest BCUT2D eigenvalue weighted by molar-refractivity contribution is 0.152. The van der Waals surface area contributed by atoms with Crippen molar-refractivity contribution in [1.82, 2.24) is 15.4 Å². The van der Waals surface area contributed by atoms with Crippen molar-refractivity contribution in [3.05, 3.63) is 41.1 Å². The number of rotatable bonds is 5. The number of halogens is 1. The maximum atomic E-state index is 12.2. The molecule has 1 fully saturated rings. The molecule has 1 saturated heterocycles. The Hall–Kier alpha value is -2.09. The van der Waals surface area contributed by atoms with E-state index in [1.807, 2.05) is 18.2 Å². The minimum absolute atomic E-state index is 0.0433. The van der Waals surface area contributed by atoms with E-state index in [1.54, 1.807) is 17.0 Å². The monoisotopic (exact) mass is 365 g/mol. The Morgan fingerprint density at radius 2 is 1.96 bits per heavy atom. The molecule has 0 saturated carbocycles. The van der Waals surface area contributed by atoms with Crippen molar-refractivity contribution < 1.29 is 19.5 Å². The number of likely N-dealkylation sites (tertiary alicyclic amines) is 1. The number of nitrogens with zero attached hydrogens (tertiary/aromatic N) is 2. The molecule has 3 rings (SSSR count). The minimum atomic E-state index is -0.259. The fourth-order valence-electron chi connectivity index (χ4n) is 2.98. The number of carbonyl (C=O) groups is 1. The Labute approximate surface area is 150 Å². The van der Waals surface area contributed by atoms with E-state index in [4.69, 9.17) is 16.1 Å². The number of hydrogen-bond donors (Lipinski definition) is 3. The molecule has 7 nitrogen and oxygen atoms in total. The second-order valence-corrected chi connectivity index (χ2v) is 6.51. The van der Waals surface area contributed by atoms with Crippen LogP contribution in [0.2, 0.25) is 5.02 Å². The van der Waals surface area contributed by atoms with Gasteiger partial charge in [-0.3, -0.25) is 0 Å². The van der Waals surface area contributed by atoms with E-state index in [0.717, 1.165) is 5.56 Å². The van der Waals surface area contributed by atoms with Gasteiger partial charge in [-0.2, -0.15) is 0 Å². The molecule has 1 aliphatic heterocycles. The molecule has 2 heterocycles. The van der Waals surface area contributed by atoms with Gasteiger partial charge in [-0.15, -0.1) is 0 Å². The van der Waals surface area contributed by atoms with Crippen molar-refractivity contribution in [2.75, 3.05) is 26.3 Å². The van der Waals surface area contributed by atoms with Crippen LogP contribution in [0, 0.1) is 11.8 Å². The van der Waals surface area contributed by atoms with Crippen molar-refractivity contribution in [1.29, 1.82) is 0 Å². The Morgan fingerprint density at radius 1 is 1.28 bits per heavy atom. The van der Waals surface area contributed by atoms with Crippen molar-refractivity contribution in [3.63, 3.8) is 0 Å². The number of amides is 2. The summed E-state index contributed by atoms with van der Waals surface area (Å²) in [5.41, 5.74) is 1.37. The maximum absolute atomic E-state index is 12.2. The van der Waals surface area contributed by atoms with Crippen molar-refractivity contribution in [2.45, 2.75) is 6.54 Å². The zero-order valence-corrected chi connectivity index (χ0v) is 14.3. The molecule has 1 aromatic heterocycles. The largest absolute Gasteiger partial charge is 0.396 e. The molecule has 3 N–H and O–H groups in total. The number of nitrogens with one attached hydrogen (secondary N) is 1. The zero-order chi connectivity index (χ0) is 17.8. The lowest BCUT2D eigenvalue weighted by Gasteiger charge is -2.16. The van der Waals surface area contributed by atoms with Crippen LogP contribution < -0.4 is 5.32 Å². The molecular weight excluding hydrogens is 346 g/mol. The first-order valence-electron chi connectivity index (χ1n) is 8.07. The molecule has 8 heteroatoms. The summed E-state index contributed by atoms with van der Waals surface area (Å²) in [4.78, 5) is 13.8. The quantitative estimate of drug-likeness (QED) is 0.749. The summed E-state index contributed by atoms with van der Waals surface area (Å²) in [6.07, 6.45) is 0. The third kappa shape index (κ3) is 3.95. The lowest BCUT2D eigenvalue weighted by Crippen LogP contribution is -2.38. The predicted molar refractivity (Wildman–Crippen MR) is 91.9 cm³/mol. The normalized spacial score (nSPS) is 20.0. The Kier molecular flexibility index (Phi) is 5.57. The highest BCUT2D eigenvalue weighted by molar-refractivity contribution is 6.33. The highest BCUT2D eigenvalue weighted by atomic mass is 35.5. The Morgan fingerprint density at radius 3 is 2.60 bits per heavy atom. The standard InChI is InChI=1S/C17H20ClN3O4/c18-15-4-2-1-3-14(15)16-5-13(25-20-16)6-19-17(24)21-7-11(9-22)12(8-21)10-23/h1-5,11-12,22-23H,6-10H2,(H,19,24)/t11-,12-/m0/s1. The van der Waals surface area contributed by atoms with Gasteiger partial charge >= 0.3 is 6.03 Å². The molecule has 0 unspecified atom stereocenters. The highest BCUT2D eigenvalue weighted by Crippen LogP contribution is 2.27. The van der Waals surface area contributed by atoms with Crippen LogP contribution >= 0.6 is 11.6 Å². The first kappa shape index (κ1) is 17.7. The summed E-state index contributed by atoms with van der Waals surface area (Å²) in [5.74, 6) is 0.334. The van der Waals surface area contributed by atoms with Crippen LogP contribution in [-0.4, -0.2) is 52.6 Å². The molecule has 1 aliphatic rings. The van der Waals surface area contributed by atoms with Crippen molar-refractivity contribution in [2.24, 2.45) is 11.8 Å². The van der Waals surface area contributed by atoms with E-state index in [2.05, 4.69) is 10.5 Å². The number of aromatic nitrogens is 1. The summed E-state index contributed by atoms with van der Waals surface area (Å²) in [6, 6.07) is 8.79. The van der Waals surface area contributed by atoms with E-state index in [0.29, 0.717) is 29.6 Å². The summed E-state index contributed by atoms with van der Waals surface area (Å²) < 4.78 is 5.25. The van der Waals surface area contributed by atoms with Gasteiger partial charge in [0.15, 0.2) is 5.76 Å². The summed E-state index contributed by atoms with van der Waals surface area (Å²) in [6.45, 7) is 0.959. The molecule has 0 aliphatic carbocycles. The van der Waals surface area contributed by atoms with E-state index >= 15 is 0 Å². The Balaban J connectivity index is 1.58. The molecule has 25 heavy (non-hydrogen) atoms. The van der Waals surface area contributed by atoms with Crippen LogP contribution in [0.25, 0.3) is 11.3 Å². The van der Waals surface area contributed by atoms with Crippen molar-refractivity contribution in [3.8, 4) is 11.3 Å². The van der Waals surface area contributed by atoms with Gasteiger partial charge in [0.1, 0.15) is 5.69 Å². The first-order valence-corrected chi connectivity index (χ1v) is 8.45. The molecule has 134 valence electrons. The van der Waals surface area contributed by atoms with Gasteiger partial charge in [0.25, 0.3) is 0 Å². The van der Waals surface area contributed by atoms with Gasteiger partial charge in [-0.05, 0) is 6.07 Å². The summed E-state index contributed by atoms with van der Waals surface area (Å²) >= 11 is 6.14. The van der Waals surface area contributed by atoms with Crippen LogP contribution in [0.3, 0.4) is 0 Å². The van der Waals surface area contributed by atoms with Gasteiger partial charge in [-0.1, -0.05) is 35.0 Å². The number of aliphatic hydroxyl groups excluding tert-OH is 2. The zero-order valence-electron chi connectivity index (χ0n) is 13.6. The van der Waals surface area contributed by atoms with E-state index < -0.39 is 0 Å². The van der Waals surface area contributed by atoms with Gasteiger partial charge in [-0.25, -0.2) is 4.79 Å². The molecular formula is C17H20ClN3O4. The summed E-state index contributed by atoms with van der Waals surface area (Å²) in [7, 11) is 0.